The molecular weight excluding hydrogens is 444 g/mol. The zero-order chi connectivity index (χ0) is 18.2. The summed E-state index contributed by atoms with van der Waals surface area (Å²) in [5, 5.41) is 6.35. The SMILES string of the molecule is CCN(CC)C(C)CNC(=NC)NCc1ccc(C(F)(F)F)cc1.I. The van der Waals surface area contributed by atoms with E-state index in [4.69, 9.17) is 0 Å². The largest absolute Gasteiger partial charge is 0.416 e. The molecule has 0 aliphatic rings. The normalized spacial score (nSPS) is 13.4. The fourth-order valence-corrected chi connectivity index (χ4v) is 2.44. The number of halogens is 4. The van der Waals surface area contributed by atoms with Crippen molar-refractivity contribution in [3.8, 4) is 0 Å². The van der Waals surface area contributed by atoms with Gasteiger partial charge in [0.25, 0.3) is 0 Å². The lowest BCUT2D eigenvalue weighted by molar-refractivity contribution is -0.137. The number of hydrogen-bond donors (Lipinski definition) is 2. The van der Waals surface area contributed by atoms with Crippen LogP contribution in [0, 0.1) is 0 Å². The Labute approximate surface area is 165 Å². The Kier molecular flexibility index (Phi) is 11.1. The summed E-state index contributed by atoms with van der Waals surface area (Å²) >= 11 is 0. The summed E-state index contributed by atoms with van der Waals surface area (Å²) in [6.45, 7) is 9.51. The summed E-state index contributed by atoms with van der Waals surface area (Å²) in [4.78, 5) is 6.47. The molecule has 0 saturated heterocycles. The van der Waals surface area contributed by atoms with Gasteiger partial charge >= 0.3 is 6.18 Å². The maximum absolute atomic E-state index is 12.5. The third-order valence-corrected chi connectivity index (χ3v) is 3.97. The smallest absolute Gasteiger partial charge is 0.355 e. The van der Waals surface area contributed by atoms with Crippen LogP contribution in [-0.4, -0.2) is 43.6 Å². The highest BCUT2D eigenvalue weighted by Gasteiger charge is 2.29. The maximum Gasteiger partial charge on any atom is 0.416 e. The van der Waals surface area contributed by atoms with Gasteiger partial charge < -0.3 is 10.6 Å². The molecule has 0 saturated carbocycles. The topological polar surface area (TPSA) is 39.7 Å². The summed E-state index contributed by atoms with van der Waals surface area (Å²) in [6, 6.07) is 5.50. The van der Waals surface area contributed by atoms with Crippen molar-refractivity contribution in [2.45, 2.75) is 39.5 Å². The Morgan fingerprint density at radius 3 is 2.12 bits per heavy atom. The molecule has 1 aromatic rings. The van der Waals surface area contributed by atoms with Gasteiger partial charge in [0.1, 0.15) is 0 Å². The predicted octanol–water partition coefficient (Wildman–Crippen LogP) is 3.72. The standard InChI is InChI=1S/C17H27F3N4.HI/c1-5-24(6-2)13(3)11-22-16(21-4)23-12-14-7-9-15(10-8-14)17(18,19)20;/h7-10,13H,5-6,11-12H2,1-4H3,(H2,21,22,23);1H. The molecule has 8 heteroatoms. The summed E-state index contributed by atoms with van der Waals surface area (Å²) in [7, 11) is 1.67. The van der Waals surface area contributed by atoms with Crippen molar-refractivity contribution in [2.24, 2.45) is 4.99 Å². The Balaban J connectivity index is 0.00000576. The molecule has 25 heavy (non-hydrogen) atoms. The average Bonchev–Trinajstić information content (AvgIpc) is 2.55. The van der Waals surface area contributed by atoms with E-state index in [0.717, 1.165) is 37.3 Å². The highest BCUT2D eigenvalue weighted by molar-refractivity contribution is 14.0. The Morgan fingerprint density at radius 2 is 1.68 bits per heavy atom. The minimum Gasteiger partial charge on any atom is -0.355 e. The lowest BCUT2D eigenvalue weighted by atomic mass is 10.1. The molecular formula is C17H28F3IN4. The highest BCUT2D eigenvalue weighted by atomic mass is 127. The Morgan fingerprint density at radius 1 is 1.12 bits per heavy atom. The van der Waals surface area contributed by atoms with Gasteiger partial charge in [-0.1, -0.05) is 26.0 Å². The van der Waals surface area contributed by atoms with E-state index in [1.807, 2.05) is 0 Å². The molecule has 1 atom stereocenters. The molecule has 0 radical (unpaired) electrons. The number of nitrogens with one attached hydrogen (secondary N) is 2. The van der Waals surface area contributed by atoms with E-state index < -0.39 is 11.7 Å². The lowest BCUT2D eigenvalue weighted by Crippen LogP contribution is -2.45. The van der Waals surface area contributed by atoms with Crippen molar-refractivity contribution in [3.05, 3.63) is 35.4 Å². The molecule has 0 bridgehead atoms. The molecule has 1 aromatic carbocycles. The molecule has 0 aliphatic heterocycles. The number of rotatable bonds is 7. The van der Waals surface area contributed by atoms with Crippen LogP contribution in [0.3, 0.4) is 0 Å². The number of hydrogen-bond acceptors (Lipinski definition) is 2. The molecule has 1 rings (SSSR count). The second kappa shape index (κ2) is 11.6. The van der Waals surface area contributed by atoms with Crippen molar-refractivity contribution in [3.63, 3.8) is 0 Å². The van der Waals surface area contributed by atoms with Crippen LogP contribution in [0.1, 0.15) is 31.9 Å². The second-order valence-corrected chi connectivity index (χ2v) is 5.57. The molecule has 0 aromatic heterocycles. The molecule has 144 valence electrons. The summed E-state index contributed by atoms with van der Waals surface area (Å²) in [6.07, 6.45) is -4.30. The third kappa shape index (κ3) is 8.26. The van der Waals surface area contributed by atoms with Crippen molar-refractivity contribution in [2.75, 3.05) is 26.7 Å². The predicted molar refractivity (Wildman–Crippen MR) is 107 cm³/mol. The number of alkyl halides is 3. The number of likely N-dealkylation sites (N-methyl/N-ethyl adjacent to an activating group) is 1. The first kappa shape index (κ1) is 24.0. The quantitative estimate of drug-likeness (QED) is 0.361. The van der Waals surface area contributed by atoms with Crippen molar-refractivity contribution in [1.29, 1.82) is 0 Å². The summed E-state index contributed by atoms with van der Waals surface area (Å²) in [5.74, 6) is 0.633. The van der Waals surface area contributed by atoms with Gasteiger partial charge in [-0.25, -0.2) is 0 Å². The van der Waals surface area contributed by atoms with Crippen molar-refractivity contribution >= 4 is 29.9 Å². The minimum atomic E-state index is -4.30. The van der Waals surface area contributed by atoms with Crippen LogP contribution >= 0.6 is 24.0 Å². The van der Waals surface area contributed by atoms with E-state index >= 15 is 0 Å². The average molecular weight is 472 g/mol. The summed E-state index contributed by atoms with van der Waals surface area (Å²) < 4.78 is 37.6. The van der Waals surface area contributed by atoms with Crippen molar-refractivity contribution in [1.82, 2.24) is 15.5 Å². The number of nitrogens with zero attached hydrogens (tertiary/aromatic N) is 2. The van der Waals surface area contributed by atoms with Gasteiger partial charge in [-0.15, -0.1) is 24.0 Å². The third-order valence-electron chi connectivity index (χ3n) is 3.97. The van der Waals surface area contributed by atoms with Crippen LogP contribution in [0.15, 0.2) is 29.3 Å². The Hall–Kier alpha value is -1.03. The number of benzene rings is 1. The first-order valence-electron chi connectivity index (χ1n) is 8.16. The van der Waals surface area contributed by atoms with Gasteiger partial charge in [-0.3, -0.25) is 9.89 Å². The molecule has 0 amide bonds. The molecule has 0 heterocycles. The molecule has 1 unspecified atom stereocenters. The van der Waals surface area contributed by atoms with E-state index in [0.29, 0.717) is 18.5 Å². The molecule has 0 aliphatic carbocycles. The minimum absolute atomic E-state index is 0. The maximum atomic E-state index is 12.5. The number of guanidine groups is 1. The molecule has 0 spiro atoms. The van der Waals surface area contributed by atoms with Crippen LogP contribution in [0.25, 0.3) is 0 Å². The lowest BCUT2D eigenvalue weighted by Gasteiger charge is -2.27. The zero-order valence-corrected chi connectivity index (χ0v) is 17.5. The highest BCUT2D eigenvalue weighted by Crippen LogP contribution is 2.28. The Bertz CT molecular complexity index is 514. The molecule has 0 fully saturated rings. The van der Waals surface area contributed by atoms with Crippen LogP contribution in [0.5, 0.6) is 0 Å². The summed E-state index contributed by atoms with van der Waals surface area (Å²) in [5.41, 5.74) is 0.129. The van der Waals surface area contributed by atoms with E-state index in [2.05, 4.69) is 41.3 Å². The van der Waals surface area contributed by atoms with E-state index in [1.54, 1.807) is 7.05 Å². The van der Waals surface area contributed by atoms with E-state index in [-0.39, 0.29) is 24.0 Å². The zero-order valence-electron chi connectivity index (χ0n) is 15.2. The number of aliphatic imine (C=N–C) groups is 1. The van der Waals surface area contributed by atoms with Crippen LogP contribution in [0.2, 0.25) is 0 Å². The van der Waals surface area contributed by atoms with Gasteiger partial charge in [0.2, 0.25) is 0 Å². The van der Waals surface area contributed by atoms with Gasteiger partial charge in [-0.2, -0.15) is 13.2 Å². The first-order valence-corrected chi connectivity index (χ1v) is 8.16. The first-order chi connectivity index (χ1) is 11.3. The van der Waals surface area contributed by atoms with Crippen LogP contribution in [-0.2, 0) is 12.7 Å². The van der Waals surface area contributed by atoms with E-state index in [1.165, 1.54) is 12.1 Å². The fraction of sp³-hybridized carbons (Fsp3) is 0.588. The molecule has 2 N–H and O–H groups in total. The van der Waals surface area contributed by atoms with Crippen LogP contribution in [0.4, 0.5) is 13.2 Å². The monoisotopic (exact) mass is 472 g/mol. The molecule has 4 nitrogen and oxygen atoms in total. The second-order valence-electron chi connectivity index (χ2n) is 5.57. The van der Waals surface area contributed by atoms with Gasteiger partial charge in [0, 0.05) is 26.2 Å². The fourth-order valence-electron chi connectivity index (χ4n) is 2.44. The van der Waals surface area contributed by atoms with Crippen molar-refractivity contribution < 1.29 is 13.2 Å². The van der Waals surface area contributed by atoms with Gasteiger partial charge in [0.05, 0.1) is 5.56 Å². The van der Waals surface area contributed by atoms with Gasteiger partial charge in [0.15, 0.2) is 5.96 Å². The van der Waals surface area contributed by atoms with E-state index in [9.17, 15) is 13.2 Å². The van der Waals surface area contributed by atoms with Crippen LogP contribution < -0.4 is 10.6 Å². The van der Waals surface area contributed by atoms with Gasteiger partial charge in [-0.05, 0) is 37.7 Å².